The number of aromatic nitrogens is 1. The third-order valence-corrected chi connectivity index (χ3v) is 8.05. The lowest BCUT2D eigenvalue weighted by atomic mass is 9.76. The van der Waals surface area contributed by atoms with Gasteiger partial charge in [-0.15, -0.1) is 0 Å². The Hall–Kier alpha value is -4.43. The van der Waals surface area contributed by atoms with Gasteiger partial charge in [0.1, 0.15) is 11.3 Å². The highest BCUT2D eigenvalue weighted by molar-refractivity contribution is 6.25. The van der Waals surface area contributed by atoms with Gasteiger partial charge in [-0.3, -0.25) is 19.7 Å². The number of methoxy groups -OCH3 is 1. The molecule has 4 aromatic rings. The van der Waals surface area contributed by atoms with Crippen molar-refractivity contribution in [2.45, 2.75) is 18.0 Å². The van der Waals surface area contributed by atoms with Crippen molar-refractivity contribution in [2.75, 3.05) is 17.3 Å². The Balaban J connectivity index is 1.37. The van der Waals surface area contributed by atoms with Gasteiger partial charge >= 0.3 is 0 Å². The Morgan fingerprint density at radius 2 is 1.76 bits per heavy atom. The second kappa shape index (κ2) is 7.78. The molecule has 3 N–H and O–H groups in total. The van der Waals surface area contributed by atoms with Crippen LogP contribution in [0.1, 0.15) is 11.1 Å². The lowest BCUT2D eigenvalue weighted by Crippen LogP contribution is -2.53. The Labute approximate surface area is 212 Å². The Bertz CT molecular complexity index is 1610. The molecule has 4 unspecified atom stereocenters. The fourth-order valence-corrected chi connectivity index (χ4v) is 6.47. The van der Waals surface area contributed by atoms with Crippen molar-refractivity contribution < 1.29 is 19.1 Å². The highest BCUT2D eigenvalue weighted by Gasteiger charge is 2.70. The summed E-state index contributed by atoms with van der Waals surface area (Å²) < 4.78 is 5.34. The van der Waals surface area contributed by atoms with E-state index in [-0.39, 0.29) is 17.7 Å². The maximum absolute atomic E-state index is 14.1. The van der Waals surface area contributed by atoms with Gasteiger partial charge in [-0.25, -0.2) is 4.90 Å². The van der Waals surface area contributed by atoms with E-state index in [4.69, 9.17) is 4.74 Å². The van der Waals surface area contributed by atoms with Crippen molar-refractivity contribution in [3.63, 3.8) is 0 Å². The largest absolute Gasteiger partial charge is 0.497 e. The zero-order chi connectivity index (χ0) is 25.3. The van der Waals surface area contributed by atoms with Crippen LogP contribution in [0.5, 0.6) is 5.75 Å². The number of benzene rings is 3. The van der Waals surface area contributed by atoms with E-state index in [9.17, 15) is 14.4 Å². The number of imide groups is 1. The minimum Gasteiger partial charge on any atom is -0.497 e. The molecule has 3 amide bonds. The second-order valence-electron chi connectivity index (χ2n) is 9.84. The van der Waals surface area contributed by atoms with Gasteiger partial charge in [-0.2, -0.15) is 0 Å². The molecular formula is C29H24N4O4. The van der Waals surface area contributed by atoms with Crippen LogP contribution < -0.4 is 20.3 Å². The van der Waals surface area contributed by atoms with Crippen molar-refractivity contribution in [1.82, 2.24) is 10.3 Å². The number of hydrogen-bond donors (Lipinski definition) is 3. The number of rotatable bonds is 4. The third-order valence-electron chi connectivity index (χ3n) is 8.05. The fourth-order valence-electron chi connectivity index (χ4n) is 6.47. The minimum atomic E-state index is -1.33. The molecule has 4 atom stereocenters. The predicted octanol–water partition coefficient (Wildman–Crippen LogP) is 3.34. The van der Waals surface area contributed by atoms with Crippen LogP contribution in [0.4, 0.5) is 11.4 Å². The summed E-state index contributed by atoms with van der Waals surface area (Å²) in [5.41, 5.74) is 2.49. The number of nitrogens with zero attached hydrogens (tertiary/aromatic N) is 1. The molecule has 184 valence electrons. The molecule has 7 rings (SSSR count). The van der Waals surface area contributed by atoms with Crippen molar-refractivity contribution in [3.05, 3.63) is 90.1 Å². The van der Waals surface area contributed by atoms with Crippen molar-refractivity contribution in [1.29, 1.82) is 0 Å². The minimum absolute atomic E-state index is 0.307. The van der Waals surface area contributed by atoms with Crippen LogP contribution in [0.3, 0.4) is 0 Å². The summed E-state index contributed by atoms with van der Waals surface area (Å²) in [6, 6.07) is 21.8. The Morgan fingerprint density at radius 1 is 0.946 bits per heavy atom. The monoisotopic (exact) mass is 492 g/mol. The van der Waals surface area contributed by atoms with Crippen LogP contribution in [0, 0.1) is 11.8 Å². The van der Waals surface area contributed by atoms with Gasteiger partial charge in [-0.1, -0.05) is 42.5 Å². The van der Waals surface area contributed by atoms with E-state index in [1.54, 1.807) is 24.3 Å². The first kappa shape index (κ1) is 21.8. The lowest BCUT2D eigenvalue weighted by molar-refractivity contribution is -0.130. The maximum Gasteiger partial charge on any atom is 0.250 e. The van der Waals surface area contributed by atoms with E-state index < -0.39 is 23.4 Å². The molecule has 8 heteroatoms. The van der Waals surface area contributed by atoms with Crippen LogP contribution in [-0.2, 0) is 26.3 Å². The Kier molecular flexibility index (Phi) is 4.59. The highest BCUT2D eigenvalue weighted by atomic mass is 16.5. The van der Waals surface area contributed by atoms with Gasteiger partial charge in [0.15, 0.2) is 0 Å². The molecule has 0 bridgehead atoms. The zero-order valence-corrected chi connectivity index (χ0v) is 20.0. The number of hydrogen-bond acceptors (Lipinski definition) is 5. The normalized spacial score (nSPS) is 26.1. The molecule has 0 radical (unpaired) electrons. The van der Waals surface area contributed by atoms with Crippen LogP contribution >= 0.6 is 0 Å². The van der Waals surface area contributed by atoms with E-state index in [0.29, 0.717) is 29.1 Å². The van der Waals surface area contributed by atoms with E-state index in [2.05, 4.69) is 15.6 Å². The molecule has 2 fully saturated rings. The first-order valence-corrected chi connectivity index (χ1v) is 12.3. The van der Waals surface area contributed by atoms with Crippen molar-refractivity contribution in [3.8, 4) is 5.75 Å². The number of carbonyl (C=O) groups excluding carboxylic acids is 3. The van der Waals surface area contributed by atoms with Gasteiger partial charge in [0.2, 0.25) is 17.7 Å². The molecule has 37 heavy (non-hydrogen) atoms. The number of amides is 3. The standard InChI is InChI=1S/C29H24N4O4/c1-37-18-8-6-7-17(14-18)33-26(34)24-23(13-16-15-30-21-11-4-2-9-19(16)21)32-29(25(24)27(33)35)20-10-3-5-12-22(20)31-28(29)36/h2-12,14-15,23-25,30,32H,13H2,1H3,(H,31,36). The number of nitrogens with one attached hydrogen (secondary N) is 3. The molecule has 4 heterocycles. The molecule has 1 spiro atoms. The SMILES string of the molecule is COc1cccc(N2C(=O)C3C(Cc4c[nH]c5ccccc45)NC4(C(=O)Nc5ccccc54)C3C2=O)c1. The summed E-state index contributed by atoms with van der Waals surface area (Å²) in [6.45, 7) is 0. The highest BCUT2D eigenvalue weighted by Crippen LogP contribution is 2.54. The summed E-state index contributed by atoms with van der Waals surface area (Å²) >= 11 is 0. The van der Waals surface area contributed by atoms with E-state index in [0.717, 1.165) is 16.5 Å². The number of carbonyl (C=O) groups is 3. The summed E-state index contributed by atoms with van der Waals surface area (Å²) in [5, 5.41) is 7.52. The average molecular weight is 493 g/mol. The first-order valence-electron chi connectivity index (χ1n) is 12.3. The summed E-state index contributed by atoms with van der Waals surface area (Å²) in [6.07, 6.45) is 2.42. The molecule has 0 saturated carbocycles. The van der Waals surface area contributed by atoms with E-state index in [1.807, 2.05) is 54.7 Å². The fraction of sp³-hybridized carbons (Fsp3) is 0.207. The molecule has 2 saturated heterocycles. The number of para-hydroxylation sites is 2. The number of ether oxygens (including phenoxy) is 1. The van der Waals surface area contributed by atoms with Crippen LogP contribution in [-0.4, -0.2) is 35.9 Å². The van der Waals surface area contributed by atoms with Gasteiger partial charge in [-0.05, 0) is 36.2 Å². The molecule has 1 aromatic heterocycles. The summed E-state index contributed by atoms with van der Waals surface area (Å²) in [7, 11) is 1.54. The molecule has 3 aliphatic heterocycles. The number of anilines is 2. The van der Waals surface area contributed by atoms with Gasteiger partial charge < -0.3 is 15.0 Å². The lowest BCUT2D eigenvalue weighted by Gasteiger charge is -2.29. The van der Waals surface area contributed by atoms with Crippen LogP contribution in [0.2, 0.25) is 0 Å². The van der Waals surface area contributed by atoms with Gasteiger partial charge in [0.05, 0.1) is 24.6 Å². The molecule has 3 aromatic carbocycles. The van der Waals surface area contributed by atoms with Crippen LogP contribution in [0.25, 0.3) is 10.9 Å². The first-order chi connectivity index (χ1) is 18.0. The van der Waals surface area contributed by atoms with Crippen molar-refractivity contribution >= 4 is 40.0 Å². The maximum atomic E-state index is 14.1. The second-order valence-corrected chi connectivity index (χ2v) is 9.84. The van der Waals surface area contributed by atoms with Gasteiger partial charge in [0.25, 0.3) is 0 Å². The zero-order valence-electron chi connectivity index (χ0n) is 20.0. The smallest absolute Gasteiger partial charge is 0.250 e. The predicted molar refractivity (Wildman–Crippen MR) is 138 cm³/mol. The van der Waals surface area contributed by atoms with E-state index in [1.165, 1.54) is 12.0 Å². The van der Waals surface area contributed by atoms with Gasteiger partial charge in [0, 0.05) is 40.5 Å². The number of H-pyrrole nitrogens is 1. The van der Waals surface area contributed by atoms with Crippen molar-refractivity contribution in [2.24, 2.45) is 11.8 Å². The number of fused-ring (bicyclic) bond motifs is 5. The molecule has 0 aliphatic carbocycles. The topological polar surface area (TPSA) is 104 Å². The van der Waals surface area contributed by atoms with E-state index >= 15 is 0 Å². The quantitative estimate of drug-likeness (QED) is 0.379. The molecule has 3 aliphatic rings. The third kappa shape index (κ3) is 2.90. The summed E-state index contributed by atoms with van der Waals surface area (Å²) in [4.78, 5) is 46.4. The average Bonchev–Trinajstić information content (AvgIpc) is 3.63. The Morgan fingerprint density at radius 3 is 2.62 bits per heavy atom. The molecular weight excluding hydrogens is 468 g/mol. The summed E-state index contributed by atoms with van der Waals surface area (Å²) in [5.74, 6) is -2.06. The van der Waals surface area contributed by atoms with Crippen LogP contribution in [0.15, 0.2) is 79.0 Å². The molecule has 8 nitrogen and oxygen atoms in total. The number of aromatic amines is 1.